The maximum atomic E-state index is 12.6. The predicted octanol–water partition coefficient (Wildman–Crippen LogP) is 1.10. The normalized spacial score (nSPS) is 17.8. The highest BCUT2D eigenvalue weighted by molar-refractivity contribution is 7.98. The molecule has 33 heavy (non-hydrogen) atoms. The Morgan fingerprint density at radius 2 is 1.94 bits per heavy atom. The number of thioether (sulfide) groups is 1. The third kappa shape index (κ3) is 4.79. The van der Waals surface area contributed by atoms with Crippen molar-refractivity contribution in [3.05, 3.63) is 32.5 Å². The minimum Gasteiger partial charge on any atom is -0.322 e. The number of hydrogen-bond donors (Lipinski definition) is 1. The van der Waals surface area contributed by atoms with E-state index in [0.29, 0.717) is 53.8 Å². The summed E-state index contributed by atoms with van der Waals surface area (Å²) in [5, 5.41) is 9.23. The molecule has 11 nitrogen and oxygen atoms in total. The molecule has 3 aromatic heterocycles. The van der Waals surface area contributed by atoms with Gasteiger partial charge in [-0.2, -0.15) is 0 Å². The summed E-state index contributed by atoms with van der Waals surface area (Å²) in [5.74, 6) is 2.42. The maximum absolute atomic E-state index is 12.6. The fourth-order valence-electron chi connectivity index (χ4n) is 4.26. The minimum absolute atomic E-state index is 0.0756. The summed E-state index contributed by atoms with van der Waals surface area (Å²) in [5.41, 5.74) is -0.0470. The molecule has 1 saturated heterocycles. The molecule has 0 unspecified atom stereocenters. The van der Waals surface area contributed by atoms with Crippen LogP contribution in [-0.2, 0) is 42.1 Å². The first-order valence-corrected chi connectivity index (χ1v) is 14.0. The summed E-state index contributed by atoms with van der Waals surface area (Å²) < 4.78 is 28.7. The minimum atomic E-state index is -2.93. The number of nitrogens with one attached hydrogen (secondary N) is 1. The van der Waals surface area contributed by atoms with Crippen molar-refractivity contribution in [1.82, 2.24) is 33.9 Å². The molecule has 0 saturated carbocycles. The highest BCUT2D eigenvalue weighted by Gasteiger charge is 2.29. The molecule has 180 valence electrons. The number of aromatic nitrogens is 7. The van der Waals surface area contributed by atoms with Crippen LogP contribution in [0.15, 0.2) is 14.7 Å². The molecule has 4 heterocycles. The van der Waals surface area contributed by atoms with Gasteiger partial charge in [-0.25, -0.2) is 18.2 Å². The Hall–Kier alpha value is -2.41. The van der Waals surface area contributed by atoms with E-state index in [0.717, 1.165) is 18.7 Å². The van der Waals surface area contributed by atoms with Crippen molar-refractivity contribution < 1.29 is 8.42 Å². The first-order valence-electron chi connectivity index (χ1n) is 11.2. The molecule has 0 aliphatic carbocycles. The number of rotatable bonds is 9. The summed E-state index contributed by atoms with van der Waals surface area (Å²) in [6.07, 6.45) is 2.97. The SMILES string of the molecule is CCCCn1c(=O)[nH]c(=O)c2c1nc(CSc1nnc(C[C@@H]3CCS(=O)(=O)C3)n1C)n2CC. The second-order valence-electron chi connectivity index (χ2n) is 8.43. The van der Waals surface area contributed by atoms with Crippen molar-refractivity contribution >= 4 is 32.8 Å². The number of aryl methyl sites for hydroxylation is 2. The molecular formula is C20H29N7O4S2. The van der Waals surface area contributed by atoms with Gasteiger partial charge in [0.15, 0.2) is 26.2 Å². The highest BCUT2D eigenvalue weighted by Crippen LogP contribution is 2.26. The third-order valence-corrected chi connectivity index (χ3v) is 8.92. The summed E-state index contributed by atoms with van der Waals surface area (Å²) in [7, 11) is -1.06. The van der Waals surface area contributed by atoms with E-state index in [9.17, 15) is 18.0 Å². The zero-order chi connectivity index (χ0) is 23.8. The molecule has 3 aromatic rings. The van der Waals surface area contributed by atoms with Crippen LogP contribution in [0.1, 0.15) is 44.8 Å². The number of hydrogen-bond acceptors (Lipinski definition) is 8. The maximum Gasteiger partial charge on any atom is 0.330 e. The number of imidazole rings is 1. The number of aromatic amines is 1. The lowest BCUT2D eigenvalue weighted by molar-refractivity contribution is 0.552. The van der Waals surface area contributed by atoms with E-state index < -0.39 is 21.1 Å². The quantitative estimate of drug-likeness (QED) is 0.436. The van der Waals surface area contributed by atoms with Crippen LogP contribution in [0.4, 0.5) is 0 Å². The Morgan fingerprint density at radius 1 is 1.15 bits per heavy atom. The molecular weight excluding hydrogens is 466 g/mol. The van der Waals surface area contributed by atoms with Gasteiger partial charge in [0.1, 0.15) is 11.6 Å². The van der Waals surface area contributed by atoms with E-state index in [-0.39, 0.29) is 17.4 Å². The Balaban J connectivity index is 1.57. The number of nitrogens with zero attached hydrogens (tertiary/aromatic N) is 6. The molecule has 4 rings (SSSR count). The van der Waals surface area contributed by atoms with Crippen molar-refractivity contribution in [3.8, 4) is 0 Å². The summed E-state index contributed by atoms with van der Waals surface area (Å²) >= 11 is 1.45. The van der Waals surface area contributed by atoms with E-state index >= 15 is 0 Å². The van der Waals surface area contributed by atoms with Gasteiger partial charge in [0.2, 0.25) is 0 Å². The van der Waals surface area contributed by atoms with Gasteiger partial charge >= 0.3 is 5.69 Å². The van der Waals surface area contributed by atoms with Gasteiger partial charge < -0.3 is 9.13 Å². The largest absolute Gasteiger partial charge is 0.330 e. The fraction of sp³-hybridized carbons (Fsp3) is 0.650. The van der Waals surface area contributed by atoms with Gasteiger partial charge in [0.25, 0.3) is 5.56 Å². The van der Waals surface area contributed by atoms with Gasteiger partial charge in [-0.3, -0.25) is 14.3 Å². The average molecular weight is 496 g/mol. The molecule has 0 aromatic carbocycles. The van der Waals surface area contributed by atoms with Crippen LogP contribution in [0.25, 0.3) is 11.2 Å². The van der Waals surface area contributed by atoms with Crippen molar-refractivity contribution in [1.29, 1.82) is 0 Å². The number of sulfone groups is 1. The summed E-state index contributed by atoms with van der Waals surface area (Å²) in [6, 6.07) is 0. The summed E-state index contributed by atoms with van der Waals surface area (Å²) in [6.45, 7) is 5.02. The molecule has 1 fully saturated rings. The molecule has 0 amide bonds. The van der Waals surface area contributed by atoms with E-state index in [1.165, 1.54) is 16.3 Å². The molecule has 0 radical (unpaired) electrons. The van der Waals surface area contributed by atoms with Gasteiger partial charge in [-0.1, -0.05) is 25.1 Å². The van der Waals surface area contributed by atoms with Crippen LogP contribution < -0.4 is 11.2 Å². The molecule has 1 N–H and O–H groups in total. The number of fused-ring (bicyclic) bond motifs is 1. The first-order chi connectivity index (χ1) is 15.7. The van der Waals surface area contributed by atoms with Crippen LogP contribution in [0, 0.1) is 5.92 Å². The number of unbranched alkanes of at least 4 members (excludes halogenated alkanes) is 1. The molecule has 0 bridgehead atoms. The van der Waals surface area contributed by atoms with Gasteiger partial charge in [-0.05, 0) is 25.7 Å². The van der Waals surface area contributed by atoms with Crippen LogP contribution in [0.3, 0.4) is 0 Å². The smallest absolute Gasteiger partial charge is 0.322 e. The van der Waals surface area contributed by atoms with Crippen molar-refractivity contribution in [2.45, 2.75) is 63.5 Å². The van der Waals surface area contributed by atoms with Crippen LogP contribution in [-0.4, -0.2) is 53.8 Å². The average Bonchev–Trinajstić information content (AvgIpc) is 3.42. The van der Waals surface area contributed by atoms with Crippen LogP contribution in [0.2, 0.25) is 0 Å². The van der Waals surface area contributed by atoms with E-state index in [1.54, 1.807) is 0 Å². The van der Waals surface area contributed by atoms with Gasteiger partial charge in [0, 0.05) is 26.6 Å². The van der Waals surface area contributed by atoms with Crippen molar-refractivity contribution in [3.63, 3.8) is 0 Å². The number of H-pyrrole nitrogens is 1. The van der Waals surface area contributed by atoms with E-state index in [2.05, 4.69) is 20.2 Å². The van der Waals surface area contributed by atoms with E-state index in [4.69, 9.17) is 0 Å². The van der Waals surface area contributed by atoms with Crippen molar-refractivity contribution in [2.24, 2.45) is 13.0 Å². The van der Waals surface area contributed by atoms with Crippen molar-refractivity contribution in [2.75, 3.05) is 11.5 Å². The lowest BCUT2D eigenvalue weighted by Crippen LogP contribution is -2.31. The molecule has 1 aliphatic heterocycles. The molecule has 0 spiro atoms. The second kappa shape index (κ2) is 9.45. The Morgan fingerprint density at radius 3 is 2.61 bits per heavy atom. The Kier molecular flexibility index (Phi) is 6.80. The third-order valence-electron chi connectivity index (χ3n) is 6.07. The topological polar surface area (TPSA) is 138 Å². The fourth-order valence-corrected chi connectivity index (χ4v) is 7.00. The lowest BCUT2D eigenvalue weighted by Gasteiger charge is -2.08. The first kappa shape index (κ1) is 23.7. The van der Waals surface area contributed by atoms with Crippen LogP contribution in [0.5, 0.6) is 0 Å². The Bertz CT molecular complexity index is 1380. The zero-order valence-electron chi connectivity index (χ0n) is 19.1. The monoisotopic (exact) mass is 495 g/mol. The zero-order valence-corrected chi connectivity index (χ0v) is 20.7. The molecule has 13 heteroatoms. The van der Waals surface area contributed by atoms with Gasteiger partial charge in [-0.15, -0.1) is 10.2 Å². The van der Waals surface area contributed by atoms with Crippen LogP contribution >= 0.6 is 11.8 Å². The Labute approximate surface area is 195 Å². The summed E-state index contributed by atoms with van der Waals surface area (Å²) in [4.78, 5) is 32.0. The standard InChI is InChI=1S/C20H29N7O4S2/c1-4-6-8-27-17-16(18(28)22-19(27)29)26(5-2)15(21-17)11-32-20-24-23-14(25(20)3)10-13-7-9-33(30,31)12-13/h13H,4-12H2,1-3H3,(H,22,28,29)/t13-/m0/s1. The van der Waals surface area contributed by atoms with E-state index in [1.807, 2.05) is 30.0 Å². The molecule has 1 atom stereocenters. The highest BCUT2D eigenvalue weighted by atomic mass is 32.2. The lowest BCUT2D eigenvalue weighted by atomic mass is 10.1. The van der Waals surface area contributed by atoms with Gasteiger partial charge in [0.05, 0.1) is 17.3 Å². The second-order valence-corrected chi connectivity index (χ2v) is 11.6. The predicted molar refractivity (Wildman–Crippen MR) is 126 cm³/mol. The molecule has 1 aliphatic rings.